The van der Waals surface area contributed by atoms with E-state index in [1.54, 1.807) is 0 Å². The van der Waals surface area contributed by atoms with Gasteiger partial charge in [-0.1, -0.05) is 26.0 Å². The molecule has 166 valence electrons. The van der Waals surface area contributed by atoms with Crippen LogP contribution in [0.2, 0.25) is 0 Å². The van der Waals surface area contributed by atoms with Crippen molar-refractivity contribution in [2.45, 2.75) is 58.5 Å². The first-order valence-corrected chi connectivity index (χ1v) is 12.1. The molecule has 1 aromatic rings. The Bertz CT molecular complexity index is 797. The van der Waals surface area contributed by atoms with Gasteiger partial charge in [-0.3, -0.25) is 5.10 Å². The van der Waals surface area contributed by atoms with Crippen LogP contribution in [0.15, 0.2) is 18.3 Å². The number of aliphatic hydroxyl groups is 1. The number of rotatable bonds is 3. The number of aromatic nitrogens is 2. The van der Waals surface area contributed by atoms with E-state index in [2.05, 4.69) is 47.5 Å². The van der Waals surface area contributed by atoms with Crippen LogP contribution < -0.4 is 0 Å². The van der Waals surface area contributed by atoms with Crippen LogP contribution in [0.4, 0.5) is 0 Å². The molecule has 4 aliphatic rings. The van der Waals surface area contributed by atoms with E-state index in [1.165, 1.54) is 23.3 Å². The van der Waals surface area contributed by atoms with Gasteiger partial charge >= 0.3 is 0 Å². The van der Waals surface area contributed by atoms with E-state index in [0.717, 1.165) is 64.8 Å². The lowest BCUT2D eigenvalue weighted by Crippen LogP contribution is -2.56. The third-order valence-electron chi connectivity index (χ3n) is 9.87. The zero-order valence-corrected chi connectivity index (χ0v) is 19.2. The monoisotopic (exact) mass is 412 g/mol. The summed E-state index contributed by atoms with van der Waals surface area (Å²) in [4.78, 5) is 5.10. The van der Waals surface area contributed by atoms with Crippen LogP contribution in [-0.4, -0.2) is 71.0 Å². The van der Waals surface area contributed by atoms with Gasteiger partial charge in [-0.25, -0.2) is 0 Å². The number of aliphatic hydroxyl groups excluding tert-OH is 1. The molecule has 0 radical (unpaired) electrons. The summed E-state index contributed by atoms with van der Waals surface area (Å²) in [7, 11) is 2.23. The van der Waals surface area contributed by atoms with Crippen LogP contribution in [0.1, 0.15) is 50.8 Å². The smallest absolute Gasteiger partial charge is 0.0610 e. The van der Waals surface area contributed by atoms with Gasteiger partial charge in [-0.15, -0.1) is 0 Å². The fourth-order valence-electron chi connectivity index (χ4n) is 7.48. The quantitative estimate of drug-likeness (QED) is 0.749. The molecule has 2 saturated carbocycles. The van der Waals surface area contributed by atoms with Gasteiger partial charge in [-0.2, -0.15) is 5.10 Å². The van der Waals surface area contributed by atoms with Crippen molar-refractivity contribution in [1.82, 2.24) is 20.0 Å². The predicted molar refractivity (Wildman–Crippen MR) is 120 cm³/mol. The summed E-state index contributed by atoms with van der Waals surface area (Å²) in [6.45, 7) is 15.0. The molecule has 2 N–H and O–H groups in total. The summed E-state index contributed by atoms with van der Waals surface area (Å²) in [6, 6.07) is 0. The van der Waals surface area contributed by atoms with Crippen molar-refractivity contribution in [3.63, 3.8) is 0 Å². The second-order valence-electron chi connectivity index (χ2n) is 11.4. The third kappa shape index (κ3) is 3.20. The van der Waals surface area contributed by atoms with E-state index >= 15 is 0 Å². The minimum atomic E-state index is -0.212. The number of hydrogen-bond acceptors (Lipinski definition) is 4. The predicted octanol–water partition coefficient (Wildman–Crippen LogP) is 3.12. The van der Waals surface area contributed by atoms with E-state index in [-0.39, 0.29) is 16.9 Å². The van der Waals surface area contributed by atoms with Gasteiger partial charge in [0.15, 0.2) is 0 Å². The lowest BCUT2D eigenvalue weighted by Gasteiger charge is -2.55. The molecule has 1 aliphatic heterocycles. The van der Waals surface area contributed by atoms with Crippen molar-refractivity contribution in [2.75, 3.05) is 39.8 Å². The number of aromatic amines is 1. The minimum absolute atomic E-state index is 0.116. The molecule has 6 atom stereocenters. The summed E-state index contributed by atoms with van der Waals surface area (Å²) >= 11 is 0. The molecule has 0 bridgehead atoms. The van der Waals surface area contributed by atoms with Gasteiger partial charge in [0.05, 0.1) is 12.3 Å². The van der Waals surface area contributed by atoms with Crippen LogP contribution in [0.3, 0.4) is 0 Å². The first-order valence-electron chi connectivity index (χ1n) is 12.1. The van der Waals surface area contributed by atoms with Gasteiger partial charge in [0.25, 0.3) is 0 Å². The van der Waals surface area contributed by atoms with E-state index < -0.39 is 0 Å². The van der Waals surface area contributed by atoms with Gasteiger partial charge < -0.3 is 14.9 Å². The highest BCUT2D eigenvalue weighted by Crippen LogP contribution is 2.60. The highest BCUT2D eigenvalue weighted by Gasteiger charge is 2.56. The Morgan fingerprint density at radius 2 is 1.97 bits per heavy atom. The number of allylic oxidation sites excluding steroid dienone is 1. The largest absolute Gasteiger partial charge is 0.392 e. The summed E-state index contributed by atoms with van der Waals surface area (Å²) in [6.07, 6.45) is 8.46. The lowest BCUT2D eigenvalue weighted by molar-refractivity contribution is -0.102. The van der Waals surface area contributed by atoms with Crippen LogP contribution in [0.5, 0.6) is 0 Å². The molecule has 0 aromatic carbocycles. The molecular weight excluding hydrogens is 372 g/mol. The first-order chi connectivity index (χ1) is 14.3. The van der Waals surface area contributed by atoms with Gasteiger partial charge in [-0.05, 0) is 79.7 Å². The topological polar surface area (TPSA) is 55.4 Å². The van der Waals surface area contributed by atoms with Crippen LogP contribution >= 0.6 is 0 Å². The lowest BCUT2D eigenvalue weighted by atomic mass is 9.52. The molecule has 5 heteroatoms. The second-order valence-corrected chi connectivity index (χ2v) is 11.4. The summed E-state index contributed by atoms with van der Waals surface area (Å²) in [5.41, 5.74) is 4.35. The number of hydrogen-bond donors (Lipinski definition) is 2. The number of piperazine rings is 1. The van der Waals surface area contributed by atoms with Gasteiger partial charge in [0.2, 0.25) is 0 Å². The molecule has 30 heavy (non-hydrogen) atoms. The average Bonchev–Trinajstić information content (AvgIpc) is 3.28. The molecule has 2 heterocycles. The summed E-state index contributed by atoms with van der Waals surface area (Å²) < 4.78 is 0. The zero-order chi connectivity index (χ0) is 21.1. The van der Waals surface area contributed by atoms with Crippen molar-refractivity contribution in [3.05, 3.63) is 29.6 Å². The highest BCUT2D eigenvalue weighted by atomic mass is 16.3. The third-order valence-corrected chi connectivity index (χ3v) is 9.87. The first kappa shape index (κ1) is 20.7. The Hall–Kier alpha value is -1.17. The summed E-state index contributed by atoms with van der Waals surface area (Å²) in [5.74, 6) is 1.31. The minimum Gasteiger partial charge on any atom is -0.392 e. The maximum atomic E-state index is 11.7. The number of nitrogens with zero attached hydrogens (tertiary/aromatic N) is 3. The Morgan fingerprint density at radius 3 is 2.73 bits per heavy atom. The van der Waals surface area contributed by atoms with Gasteiger partial charge in [0.1, 0.15) is 0 Å². The van der Waals surface area contributed by atoms with Gasteiger partial charge in [0, 0.05) is 38.4 Å². The van der Waals surface area contributed by atoms with Crippen molar-refractivity contribution in [3.8, 4) is 0 Å². The maximum Gasteiger partial charge on any atom is 0.0610 e. The Balaban J connectivity index is 1.42. The highest BCUT2D eigenvalue weighted by molar-refractivity contribution is 5.26. The van der Waals surface area contributed by atoms with Crippen molar-refractivity contribution < 1.29 is 5.11 Å². The van der Waals surface area contributed by atoms with E-state index in [0.29, 0.717) is 17.8 Å². The molecule has 1 saturated heterocycles. The van der Waals surface area contributed by atoms with Crippen LogP contribution in [0, 0.1) is 28.6 Å². The molecular formula is C25H40N4O. The van der Waals surface area contributed by atoms with E-state index in [1.807, 2.05) is 6.20 Å². The zero-order valence-electron chi connectivity index (χ0n) is 19.2. The maximum absolute atomic E-state index is 11.7. The molecule has 0 spiro atoms. The van der Waals surface area contributed by atoms with E-state index in [9.17, 15) is 5.11 Å². The fourth-order valence-corrected chi connectivity index (χ4v) is 7.48. The molecule has 1 aromatic heterocycles. The molecule has 5 rings (SSSR count). The second kappa shape index (κ2) is 7.46. The molecule has 1 unspecified atom stereocenters. The Morgan fingerprint density at radius 1 is 1.20 bits per heavy atom. The Labute approximate surface area is 181 Å². The normalized spacial score (nSPS) is 42.9. The average molecular weight is 413 g/mol. The number of fused-ring (bicyclic) bond motifs is 2. The number of nitrogens with one attached hydrogen (secondary N) is 1. The fraction of sp³-hybridized carbons (Fsp3) is 0.800. The Kier molecular flexibility index (Phi) is 5.15. The number of H-pyrrole nitrogens is 1. The summed E-state index contributed by atoms with van der Waals surface area (Å²) in [5, 5.41) is 19.4. The van der Waals surface area contributed by atoms with Crippen molar-refractivity contribution in [2.24, 2.45) is 28.6 Å². The van der Waals surface area contributed by atoms with Crippen LogP contribution in [0.25, 0.3) is 0 Å². The standard InChI is InChI=1S/C25H40N4O/c1-17-5-6-20-23(30)21(7-8-24(17,20)2)25(3)14-18-15-26-27-22(18)13-19(25)16-29-11-9-28(4)10-12-29/h15,19-21,23,30H,1,5-14,16H2,2-4H3,(H,26,27)/t19-,20+,21+,23+,24-,25?/m1/s1. The van der Waals surface area contributed by atoms with E-state index in [4.69, 9.17) is 0 Å². The number of likely N-dealkylation sites (N-methyl/N-ethyl adjacent to an activating group) is 1. The van der Waals surface area contributed by atoms with Crippen LogP contribution in [-0.2, 0) is 12.8 Å². The van der Waals surface area contributed by atoms with Crippen molar-refractivity contribution >= 4 is 0 Å². The van der Waals surface area contributed by atoms with Crippen molar-refractivity contribution in [1.29, 1.82) is 0 Å². The molecule has 5 nitrogen and oxygen atoms in total. The molecule has 3 aliphatic carbocycles. The SMILES string of the molecule is C=C1CC[C@H]2[C@H](O)[C@@H](C3(C)Cc4cn[nH]c4C[C@@H]3CN3CCN(C)CC3)CC[C@]12C. The molecule has 3 fully saturated rings. The molecule has 0 amide bonds.